The molecule has 1 unspecified atom stereocenters. The third-order valence-electron chi connectivity index (χ3n) is 3.00. The highest BCUT2D eigenvalue weighted by Gasteiger charge is 2.20. The molecular formula is C12H15N3. The zero-order chi connectivity index (χ0) is 10.7. The lowest BCUT2D eigenvalue weighted by molar-refractivity contribution is 0.484. The third-order valence-corrected chi connectivity index (χ3v) is 3.00. The Morgan fingerprint density at radius 3 is 3.13 bits per heavy atom. The molecule has 0 saturated carbocycles. The van der Waals surface area contributed by atoms with E-state index in [0.717, 1.165) is 12.2 Å². The van der Waals surface area contributed by atoms with E-state index in [1.807, 2.05) is 12.1 Å². The van der Waals surface area contributed by atoms with Gasteiger partial charge in [-0.25, -0.2) is 4.98 Å². The van der Waals surface area contributed by atoms with Gasteiger partial charge in [0.2, 0.25) is 0 Å². The molecule has 3 heteroatoms. The third kappa shape index (κ3) is 1.94. The van der Waals surface area contributed by atoms with E-state index in [1.54, 1.807) is 6.20 Å². The molecule has 0 amide bonds. The van der Waals surface area contributed by atoms with Gasteiger partial charge in [0.15, 0.2) is 5.69 Å². The monoisotopic (exact) mass is 201 g/mol. The highest BCUT2D eigenvalue weighted by molar-refractivity contribution is 5.56. The fourth-order valence-electron chi connectivity index (χ4n) is 2.17. The van der Waals surface area contributed by atoms with Gasteiger partial charge in [0.25, 0.3) is 0 Å². The van der Waals surface area contributed by atoms with Crippen molar-refractivity contribution >= 4 is 5.69 Å². The second-order valence-corrected chi connectivity index (χ2v) is 4.02. The minimum atomic E-state index is 0.523. The molecule has 1 aliphatic heterocycles. The zero-order valence-corrected chi connectivity index (χ0v) is 8.98. The Bertz CT molecular complexity index is 381. The van der Waals surface area contributed by atoms with Crippen LogP contribution in [0.4, 0.5) is 5.69 Å². The summed E-state index contributed by atoms with van der Waals surface area (Å²) in [6.07, 6.45) is 5.39. The van der Waals surface area contributed by atoms with Crippen molar-refractivity contribution in [3.63, 3.8) is 0 Å². The normalized spacial score (nSPS) is 21.1. The molecule has 2 heterocycles. The van der Waals surface area contributed by atoms with E-state index in [9.17, 15) is 0 Å². The number of hydrogen-bond donors (Lipinski definition) is 0. The van der Waals surface area contributed by atoms with Crippen LogP contribution in [0.1, 0.15) is 31.9 Å². The number of pyridine rings is 1. The van der Waals surface area contributed by atoms with Gasteiger partial charge in [-0.15, -0.1) is 0 Å². The lowest BCUT2D eigenvalue weighted by Crippen LogP contribution is -2.37. The Morgan fingerprint density at radius 1 is 1.53 bits per heavy atom. The van der Waals surface area contributed by atoms with Crippen LogP contribution in [0.25, 0.3) is 0 Å². The molecule has 0 N–H and O–H groups in total. The van der Waals surface area contributed by atoms with Gasteiger partial charge in [0, 0.05) is 18.8 Å². The number of aromatic nitrogens is 1. The fraction of sp³-hybridized carbons (Fsp3) is 0.500. The van der Waals surface area contributed by atoms with Gasteiger partial charge in [-0.2, -0.15) is 5.26 Å². The van der Waals surface area contributed by atoms with E-state index in [-0.39, 0.29) is 0 Å². The Morgan fingerprint density at radius 2 is 2.40 bits per heavy atom. The summed E-state index contributed by atoms with van der Waals surface area (Å²) in [5.41, 5.74) is 1.54. The summed E-state index contributed by atoms with van der Waals surface area (Å²) in [5, 5.41) is 9.00. The summed E-state index contributed by atoms with van der Waals surface area (Å²) in [5.74, 6) is 0. The molecule has 15 heavy (non-hydrogen) atoms. The molecule has 0 radical (unpaired) electrons. The molecule has 1 aromatic rings. The van der Waals surface area contributed by atoms with Crippen molar-refractivity contribution in [3.8, 4) is 6.07 Å². The van der Waals surface area contributed by atoms with Crippen molar-refractivity contribution in [2.45, 2.75) is 32.2 Å². The average molecular weight is 201 g/mol. The van der Waals surface area contributed by atoms with E-state index in [4.69, 9.17) is 5.26 Å². The molecule has 1 atom stereocenters. The van der Waals surface area contributed by atoms with E-state index < -0.39 is 0 Å². The van der Waals surface area contributed by atoms with Crippen LogP contribution in [0, 0.1) is 11.3 Å². The predicted molar refractivity (Wildman–Crippen MR) is 59.6 cm³/mol. The molecule has 1 aromatic heterocycles. The standard InChI is InChI=1S/C12H15N3/c1-10-5-2-3-8-15(10)12-6-4-7-14-11(12)9-13/h4,6-7,10H,2-3,5,8H2,1H3. The Kier molecular flexibility index (Phi) is 2.86. The maximum atomic E-state index is 9.00. The number of piperidine rings is 1. The number of rotatable bonds is 1. The zero-order valence-electron chi connectivity index (χ0n) is 8.98. The van der Waals surface area contributed by atoms with Crippen LogP contribution in [-0.4, -0.2) is 17.6 Å². The van der Waals surface area contributed by atoms with Crippen LogP contribution in [0.3, 0.4) is 0 Å². The van der Waals surface area contributed by atoms with Crippen molar-refractivity contribution in [1.29, 1.82) is 5.26 Å². The number of hydrogen-bond acceptors (Lipinski definition) is 3. The molecule has 2 rings (SSSR count). The molecule has 0 spiro atoms. The largest absolute Gasteiger partial charge is 0.366 e. The SMILES string of the molecule is CC1CCCCN1c1cccnc1C#N. The van der Waals surface area contributed by atoms with Crippen LogP contribution in [0.5, 0.6) is 0 Å². The molecule has 1 fully saturated rings. The van der Waals surface area contributed by atoms with Crippen LogP contribution in [-0.2, 0) is 0 Å². The first-order valence-corrected chi connectivity index (χ1v) is 5.44. The van der Waals surface area contributed by atoms with E-state index in [2.05, 4.69) is 22.9 Å². The van der Waals surface area contributed by atoms with Crippen LogP contribution in [0.15, 0.2) is 18.3 Å². The fourth-order valence-corrected chi connectivity index (χ4v) is 2.17. The molecule has 0 aliphatic carbocycles. The van der Waals surface area contributed by atoms with Crippen LogP contribution >= 0.6 is 0 Å². The van der Waals surface area contributed by atoms with Gasteiger partial charge in [-0.1, -0.05) is 0 Å². The molecule has 0 bridgehead atoms. The molecule has 1 saturated heterocycles. The summed E-state index contributed by atoms with van der Waals surface area (Å²) >= 11 is 0. The van der Waals surface area contributed by atoms with Crippen molar-refractivity contribution in [3.05, 3.63) is 24.0 Å². The topological polar surface area (TPSA) is 39.9 Å². The highest BCUT2D eigenvalue weighted by atomic mass is 15.2. The van der Waals surface area contributed by atoms with Gasteiger partial charge >= 0.3 is 0 Å². The summed E-state index contributed by atoms with van der Waals surface area (Å²) in [4.78, 5) is 6.40. The summed E-state index contributed by atoms with van der Waals surface area (Å²) < 4.78 is 0. The Labute approximate surface area is 90.4 Å². The lowest BCUT2D eigenvalue weighted by Gasteiger charge is -2.35. The van der Waals surface area contributed by atoms with Crippen molar-refractivity contribution in [2.75, 3.05) is 11.4 Å². The first-order chi connectivity index (χ1) is 7.33. The molecule has 3 nitrogen and oxygen atoms in total. The van der Waals surface area contributed by atoms with Crippen LogP contribution in [0.2, 0.25) is 0 Å². The maximum Gasteiger partial charge on any atom is 0.163 e. The minimum absolute atomic E-state index is 0.523. The Balaban J connectivity index is 2.31. The average Bonchev–Trinajstić information content (AvgIpc) is 2.30. The molecule has 0 aromatic carbocycles. The van der Waals surface area contributed by atoms with Crippen molar-refractivity contribution < 1.29 is 0 Å². The second kappa shape index (κ2) is 4.31. The van der Waals surface area contributed by atoms with Gasteiger partial charge in [0.05, 0.1) is 5.69 Å². The molecule has 1 aliphatic rings. The maximum absolute atomic E-state index is 9.00. The van der Waals surface area contributed by atoms with E-state index in [0.29, 0.717) is 11.7 Å². The molecular weight excluding hydrogens is 186 g/mol. The van der Waals surface area contributed by atoms with Gasteiger partial charge in [-0.3, -0.25) is 0 Å². The van der Waals surface area contributed by atoms with Gasteiger partial charge < -0.3 is 4.90 Å². The molecule has 78 valence electrons. The lowest BCUT2D eigenvalue weighted by atomic mass is 10.0. The van der Waals surface area contributed by atoms with Gasteiger partial charge in [-0.05, 0) is 38.3 Å². The van der Waals surface area contributed by atoms with Gasteiger partial charge in [0.1, 0.15) is 6.07 Å². The van der Waals surface area contributed by atoms with Crippen molar-refractivity contribution in [2.24, 2.45) is 0 Å². The summed E-state index contributed by atoms with van der Waals surface area (Å²) in [7, 11) is 0. The van der Waals surface area contributed by atoms with Crippen LogP contribution < -0.4 is 4.90 Å². The van der Waals surface area contributed by atoms with E-state index in [1.165, 1.54) is 19.3 Å². The number of nitriles is 1. The van der Waals surface area contributed by atoms with Crippen molar-refractivity contribution in [1.82, 2.24) is 4.98 Å². The Hall–Kier alpha value is -1.56. The highest BCUT2D eigenvalue weighted by Crippen LogP contribution is 2.25. The quantitative estimate of drug-likeness (QED) is 0.700. The second-order valence-electron chi connectivity index (χ2n) is 4.02. The predicted octanol–water partition coefficient (Wildman–Crippen LogP) is 2.33. The number of anilines is 1. The summed E-state index contributed by atoms with van der Waals surface area (Å²) in [6.45, 7) is 3.26. The minimum Gasteiger partial charge on any atom is -0.366 e. The first-order valence-electron chi connectivity index (χ1n) is 5.44. The number of nitrogens with zero attached hydrogens (tertiary/aromatic N) is 3. The smallest absolute Gasteiger partial charge is 0.163 e. The van der Waals surface area contributed by atoms with E-state index >= 15 is 0 Å². The summed E-state index contributed by atoms with van der Waals surface area (Å²) in [6, 6.07) is 6.58. The first kappa shape index (κ1) is 9.97.